The van der Waals surface area contributed by atoms with Crippen molar-refractivity contribution in [2.75, 3.05) is 13.7 Å². The number of methoxy groups -OCH3 is 1. The molecule has 0 amide bonds. The van der Waals surface area contributed by atoms with Crippen LogP contribution in [0.2, 0.25) is 0 Å². The number of Topliss-reactive ketones (excluding diaryl/α,β-unsaturated/α-hetero) is 1. The Morgan fingerprint density at radius 1 is 1.50 bits per heavy atom. The molecule has 0 saturated carbocycles. The van der Waals surface area contributed by atoms with E-state index in [0.29, 0.717) is 18.4 Å². The number of carbonyl (C=O) groups excluding carboxylic acids is 1. The second-order valence-corrected chi connectivity index (χ2v) is 4.88. The molecule has 1 heterocycles. The number of ether oxygens (including phenoxy) is 2. The van der Waals surface area contributed by atoms with Crippen molar-refractivity contribution >= 4 is 5.78 Å². The number of ketones is 1. The predicted molar refractivity (Wildman–Crippen MR) is 58.7 cm³/mol. The lowest BCUT2D eigenvalue weighted by Gasteiger charge is -2.41. The lowest BCUT2D eigenvalue weighted by molar-refractivity contribution is -0.216. The van der Waals surface area contributed by atoms with Crippen LogP contribution < -0.4 is 0 Å². The molecule has 0 unspecified atom stereocenters. The monoisotopic (exact) mass is 220 g/mol. The number of hydrogen-bond donors (Lipinski definition) is 0. The van der Waals surface area contributed by atoms with Crippen molar-refractivity contribution in [2.45, 2.75) is 19.1 Å². The molecule has 0 bridgehead atoms. The Kier molecular flexibility index (Phi) is 2.10. The van der Waals surface area contributed by atoms with E-state index in [1.165, 1.54) is 0 Å². The summed E-state index contributed by atoms with van der Waals surface area (Å²) in [5, 5.41) is 0. The van der Waals surface area contributed by atoms with Gasteiger partial charge in [-0.1, -0.05) is 18.2 Å². The summed E-state index contributed by atoms with van der Waals surface area (Å²) in [6.07, 6.45) is 7.44. The van der Waals surface area contributed by atoms with Gasteiger partial charge in [-0.25, -0.2) is 0 Å². The van der Waals surface area contributed by atoms with Gasteiger partial charge in [0.25, 0.3) is 0 Å². The summed E-state index contributed by atoms with van der Waals surface area (Å²) in [5.74, 6) is -0.117. The zero-order valence-corrected chi connectivity index (χ0v) is 9.60. The van der Waals surface area contributed by atoms with Crippen molar-refractivity contribution in [3.05, 3.63) is 23.8 Å². The summed E-state index contributed by atoms with van der Waals surface area (Å²) >= 11 is 0. The van der Waals surface area contributed by atoms with Crippen molar-refractivity contribution < 1.29 is 14.3 Å². The van der Waals surface area contributed by atoms with E-state index in [4.69, 9.17) is 9.47 Å². The zero-order valence-electron chi connectivity index (χ0n) is 9.60. The number of rotatable bonds is 1. The molecule has 0 aromatic carbocycles. The first kappa shape index (κ1) is 10.2. The van der Waals surface area contributed by atoms with E-state index in [1.54, 1.807) is 7.11 Å². The minimum atomic E-state index is -1.00. The van der Waals surface area contributed by atoms with Crippen molar-refractivity contribution in [2.24, 2.45) is 17.8 Å². The summed E-state index contributed by atoms with van der Waals surface area (Å²) in [5.41, 5.74) is 0.777. The summed E-state index contributed by atoms with van der Waals surface area (Å²) in [4.78, 5) is 12.2. The molecule has 86 valence electrons. The van der Waals surface area contributed by atoms with Crippen molar-refractivity contribution in [3.63, 3.8) is 0 Å². The first-order chi connectivity index (χ1) is 7.69. The van der Waals surface area contributed by atoms with Gasteiger partial charge in [-0.05, 0) is 24.8 Å². The van der Waals surface area contributed by atoms with E-state index in [9.17, 15) is 4.79 Å². The van der Waals surface area contributed by atoms with Crippen LogP contribution in [0.3, 0.4) is 0 Å². The van der Waals surface area contributed by atoms with Crippen LogP contribution in [-0.4, -0.2) is 25.3 Å². The average molecular weight is 220 g/mol. The fourth-order valence-electron chi connectivity index (χ4n) is 3.38. The molecule has 0 radical (unpaired) electrons. The Balaban J connectivity index is 2.13. The van der Waals surface area contributed by atoms with Crippen LogP contribution in [0.5, 0.6) is 0 Å². The van der Waals surface area contributed by atoms with Crippen molar-refractivity contribution in [1.82, 2.24) is 0 Å². The molecule has 3 heteroatoms. The van der Waals surface area contributed by atoms with E-state index >= 15 is 0 Å². The molecule has 1 aliphatic heterocycles. The molecule has 16 heavy (non-hydrogen) atoms. The van der Waals surface area contributed by atoms with E-state index in [1.807, 2.05) is 6.92 Å². The third-order valence-electron chi connectivity index (χ3n) is 4.09. The van der Waals surface area contributed by atoms with Crippen LogP contribution in [0.25, 0.3) is 0 Å². The van der Waals surface area contributed by atoms with Gasteiger partial charge in [0.1, 0.15) is 0 Å². The molecule has 0 aromatic rings. The highest BCUT2D eigenvalue weighted by Crippen LogP contribution is 2.50. The van der Waals surface area contributed by atoms with E-state index in [2.05, 4.69) is 18.2 Å². The molecule has 3 rings (SSSR count). The number of hydrogen-bond acceptors (Lipinski definition) is 3. The fraction of sp³-hybridized carbons (Fsp3) is 0.615. The SMILES string of the molecule is CO[C@]12OC[C@@H]3C=CC[C@H](C=C(C)C1=O)[C@@H]32. The highest BCUT2D eigenvalue weighted by molar-refractivity contribution is 6.02. The van der Waals surface area contributed by atoms with Gasteiger partial charge in [-0.2, -0.15) is 0 Å². The largest absolute Gasteiger partial charge is 0.346 e. The van der Waals surface area contributed by atoms with Crippen molar-refractivity contribution in [1.29, 1.82) is 0 Å². The minimum Gasteiger partial charge on any atom is -0.346 e. The van der Waals surface area contributed by atoms with E-state index < -0.39 is 5.79 Å². The van der Waals surface area contributed by atoms with Crippen LogP contribution in [0, 0.1) is 17.8 Å². The molecule has 3 nitrogen and oxygen atoms in total. The second-order valence-electron chi connectivity index (χ2n) is 4.88. The Bertz CT molecular complexity index is 396. The lowest BCUT2D eigenvalue weighted by Crippen LogP contribution is -2.52. The Morgan fingerprint density at radius 3 is 3.06 bits per heavy atom. The van der Waals surface area contributed by atoms with Gasteiger partial charge in [0.05, 0.1) is 6.61 Å². The van der Waals surface area contributed by atoms with Crippen LogP contribution in [0.1, 0.15) is 13.3 Å². The van der Waals surface area contributed by atoms with Crippen LogP contribution >= 0.6 is 0 Å². The summed E-state index contributed by atoms with van der Waals surface area (Å²) in [7, 11) is 1.58. The fourth-order valence-corrected chi connectivity index (χ4v) is 3.38. The molecule has 2 aliphatic carbocycles. The summed E-state index contributed by atoms with van der Waals surface area (Å²) in [6.45, 7) is 2.45. The number of allylic oxidation sites excluding steroid dienone is 2. The summed E-state index contributed by atoms with van der Waals surface area (Å²) < 4.78 is 11.2. The minimum absolute atomic E-state index is 0.00838. The topological polar surface area (TPSA) is 35.5 Å². The average Bonchev–Trinajstić information content (AvgIpc) is 2.68. The first-order valence-corrected chi connectivity index (χ1v) is 5.78. The normalized spacial score (nSPS) is 45.5. The third kappa shape index (κ3) is 1.08. The smallest absolute Gasteiger partial charge is 0.237 e. The zero-order chi connectivity index (χ0) is 11.3. The molecule has 0 aromatic heterocycles. The molecule has 0 spiro atoms. The summed E-state index contributed by atoms with van der Waals surface area (Å²) in [6, 6.07) is 0. The highest BCUT2D eigenvalue weighted by Gasteiger charge is 2.60. The second kappa shape index (κ2) is 3.28. The molecule has 1 fully saturated rings. The third-order valence-corrected chi connectivity index (χ3v) is 4.09. The molecular weight excluding hydrogens is 204 g/mol. The van der Waals surface area contributed by atoms with Gasteiger partial charge in [0.2, 0.25) is 11.6 Å². The van der Waals surface area contributed by atoms with Gasteiger partial charge in [-0.15, -0.1) is 0 Å². The first-order valence-electron chi connectivity index (χ1n) is 5.78. The Hall–Kier alpha value is -0.930. The maximum absolute atomic E-state index is 12.2. The number of carbonyl (C=O) groups is 1. The molecule has 1 saturated heterocycles. The van der Waals surface area contributed by atoms with Gasteiger partial charge in [0.15, 0.2) is 0 Å². The lowest BCUT2D eigenvalue weighted by atomic mass is 9.67. The Morgan fingerprint density at radius 2 is 2.31 bits per heavy atom. The molecule has 3 aliphatic rings. The molecule has 4 atom stereocenters. The van der Waals surface area contributed by atoms with E-state index in [-0.39, 0.29) is 11.7 Å². The maximum atomic E-state index is 12.2. The van der Waals surface area contributed by atoms with Crippen molar-refractivity contribution in [3.8, 4) is 0 Å². The molecule has 0 N–H and O–H groups in total. The van der Waals surface area contributed by atoms with Crippen LogP contribution in [-0.2, 0) is 14.3 Å². The van der Waals surface area contributed by atoms with Crippen LogP contribution in [0.4, 0.5) is 0 Å². The standard InChI is InChI=1S/C13H16O3/c1-8-6-9-4-3-5-10-7-16-13(15-2,11(9)10)12(8)14/h3,5-6,9-11H,4,7H2,1-2H3/t9-,10+,11+,13-/m1/s1. The molecular formula is C13H16O3. The maximum Gasteiger partial charge on any atom is 0.237 e. The highest BCUT2D eigenvalue weighted by atomic mass is 16.7. The van der Waals surface area contributed by atoms with Gasteiger partial charge in [0, 0.05) is 18.9 Å². The van der Waals surface area contributed by atoms with Crippen LogP contribution in [0.15, 0.2) is 23.8 Å². The quantitative estimate of drug-likeness (QED) is 0.631. The van der Waals surface area contributed by atoms with Gasteiger partial charge in [-0.3, -0.25) is 4.79 Å². The van der Waals surface area contributed by atoms with Gasteiger partial charge >= 0.3 is 0 Å². The predicted octanol–water partition coefficient (Wildman–Crippen LogP) is 1.70. The van der Waals surface area contributed by atoms with Gasteiger partial charge < -0.3 is 9.47 Å². The Labute approximate surface area is 95.1 Å². The van der Waals surface area contributed by atoms with E-state index in [0.717, 1.165) is 12.0 Å².